The topological polar surface area (TPSA) is 59.7 Å². The van der Waals surface area contributed by atoms with Gasteiger partial charge in [0.25, 0.3) is 0 Å². The lowest BCUT2D eigenvalue weighted by atomic mass is 10.2. The summed E-state index contributed by atoms with van der Waals surface area (Å²) < 4.78 is 3.62. The summed E-state index contributed by atoms with van der Waals surface area (Å²) in [6, 6.07) is 7.64. The van der Waals surface area contributed by atoms with Crippen molar-refractivity contribution in [1.82, 2.24) is 24.9 Å². The molecular weight excluding hydrogens is 403 g/mol. The first kappa shape index (κ1) is 19.7. The Labute approximate surface area is 173 Å². The lowest BCUT2D eigenvalue weighted by molar-refractivity contribution is 0.653. The Morgan fingerprint density at radius 3 is 2.56 bits per heavy atom. The van der Waals surface area contributed by atoms with E-state index in [9.17, 15) is 0 Å². The van der Waals surface area contributed by atoms with Gasteiger partial charge >= 0.3 is 0 Å². The number of rotatable bonds is 6. The van der Waals surface area contributed by atoms with E-state index >= 15 is 0 Å². The molecule has 0 radical (unpaired) electrons. The maximum Gasteiger partial charge on any atom is 0.173 e. The average molecular weight is 423 g/mol. The van der Waals surface area contributed by atoms with Gasteiger partial charge in [-0.15, -0.1) is 0 Å². The summed E-state index contributed by atoms with van der Waals surface area (Å²) in [4.78, 5) is 0. The van der Waals surface area contributed by atoms with Gasteiger partial charge < -0.3 is 10.6 Å². The largest absolute Gasteiger partial charge is 0.358 e. The fourth-order valence-electron chi connectivity index (χ4n) is 2.59. The van der Waals surface area contributed by atoms with E-state index in [-0.39, 0.29) is 0 Å². The highest BCUT2D eigenvalue weighted by Gasteiger charge is 2.11. The van der Waals surface area contributed by atoms with E-state index in [4.69, 9.17) is 35.4 Å². The van der Waals surface area contributed by atoms with Crippen molar-refractivity contribution in [1.29, 1.82) is 0 Å². The molecule has 2 aromatic heterocycles. The van der Waals surface area contributed by atoms with Crippen LogP contribution in [-0.4, -0.2) is 24.7 Å². The van der Waals surface area contributed by atoms with Gasteiger partial charge in [0, 0.05) is 36.1 Å². The summed E-state index contributed by atoms with van der Waals surface area (Å²) >= 11 is 17.8. The number of aromatic nitrogens is 4. The molecule has 0 aliphatic heterocycles. The van der Waals surface area contributed by atoms with Crippen LogP contribution in [0.2, 0.25) is 10.0 Å². The molecule has 9 heteroatoms. The highest BCUT2D eigenvalue weighted by Crippen LogP contribution is 2.22. The first-order valence-electron chi connectivity index (χ1n) is 8.50. The molecule has 3 rings (SSSR count). The van der Waals surface area contributed by atoms with Crippen molar-refractivity contribution >= 4 is 46.4 Å². The molecule has 0 saturated heterocycles. The van der Waals surface area contributed by atoms with Crippen LogP contribution in [0.3, 0.4) is 0 Å². The lowest BCUT2D eigenvalue weighted by Crippen LogP contribution is -2.28. The van der Waals surface area contributed by atoms with Crippen LogP contribution in [0.1, 0.15) is 23.7 Å². The fourth-order valence-corrected chi connectivity index (χ4v) is 3.15. The van der Waals surface area contributed by atoms with Crippen LogP contribution in [0.4, 0.5) is 5.82 Å². The van der Waals surface area contributed by atoms with Gasteiger partial charge in [0.15, 0.2) is 10.9 Å². The summed E-state index contributed by atoms with van der Waals surface area (Å²) in [5.74, 6) is 0.502. The summed E-state index contributed by atoms with van der Waals surface area (Å²) in [7, 11) is 0. The van der Waals surface area contributed by atoms with Crippen molar-refractivity contribution < 1.29 is 0 Å². The van der Waals surface area contributed by atoms with Crippen LogP contribution < -0.4 is 10.6 Å². The van der Waals surface area contributed by atoms with Crippen LogP contribution in [-0.2, 0) is 19.6 Å². The third kappa shape index (κ3) is 5.00. The average Bonchev–Trinajstić information content (AvgIpc) is 3.17. The van der Waals surface area contributed by atoms with Crippen molar-refractivity contribution in [3.05, 3.63) is 63.5 Å². The van der Waals surface area contributed by atoms with Gasteiger partial charge in [-0.05, 0) is 37.7 Å². The smallest absolute Gasteiger partial charge is 0.173 e. The van der Waals surface area contributed by atoms with Crippen molar-refractivity contribution in [2.75, 3.05) is 5.32 Å². The highest BCUT2D eigenvalue weighted by molar-refractivity contribution is 7.80. The molecule has 1 aromatic carbocycles. The predicted octanol–water partition coefficient (Wildman–Crippen LogP) is 4.25. The number of hydrogen-bond donors (Lipinski definition) is 2. The van der Waals surface area contributed by atoms with E-state index in [1.807, 2.05) is 42.1 Å². The zero-order valence-electron chi connectivity index (χ0n) is 15.0. The zero-order chi connectivity index (χ0) is 19.4. The first-order valence-corrected chi connectivity index (χ1v) is 9.66. The van der Waals surface area contributed by atoms with Gasteiger partial charge in [-0.3, -0.25) is 9.36 Å². The molecule has 0 saturated carbocycles. The number of hydrogen-bond acceptors (Lipinski definition) is 3. The van der Waals surface area contributed by atoms with Gasteiger partial charge in [-0.2, -0.15) is 10.2 Å². The van der Waals surface area contributed by atoms with Crippen LogP contribution in [0.25, 0.3) is 0 Å². The van der Waals surface area contributed by atoms with Crippen molar-refractivity contribution in [2.45, 2.75) is 33.5 Å². The normalized spacial score (nSPS) is 10.8. The summed E-state index contributed by atoms with van der Waals surface area (Å²) in [5.41, 5.74) is 3.04. The molecule has 0 bridgehead atoms. The number of anilines is 1. The Morgan fingerprint density at radius 1 is 1.07 bits per heavy atom. The fraction of sp³-hybridized carbons (Fsp3) is 0.278. The minimum absolute atomic E-state index is 0.448. The van der Waals surface area contributed by atoms with Crippen molar-refractivity contribution in [3.8, 4) is 0 Å². The SMILES string of the molecule is CCn1cc(CNC(=S)Nc2nn(Cc3ccccc3Cl)cc2Cl)c(C)n1. The Balaban J connectivity index is 1.60. The Kier molecular flexibility index (Phi) is 6.36. The maximum atomic E-state index is 6.28. The standard InChI is InChI=1S/C18H20Cl2N6S/c1-3-25-10-14(12(2)23-25)8-21-18(27)22-17-16(20)11-26(24-17)9-13-6-4-5-7-15(13)19/h4-7,10-11H,3,8-9H2,1-2H3,(H2,21,22,24,27). The minimum atomic E-state index is 0.448. The van der Waals surface area contributed by atoms with E-state index in [2.05, 4.69) is 27.8 Å². The van der Waals surface area contributed by atoms with Crippen LogP contribution in [0, 0.1) is 6.92 Å². The van der Waals surface area contributed by atoms with Gasteiger partial charge in [0.1, 0.15) is 5.02 Å². The monoisotopic (exact) mass is 422 g/mol. The van der Waals surface area contributed by atoms with Crippen LogP contribution in [0.5, 0.6) is 0 Å². The van der Waals surface area contributed by atoms with E-state index in [0.717, 1.165) is 23.4 Å². The molecule has 0 unspecified atom stereocenters. The first-order chi connectivity index (χ1) is 13.0. The molecule has 142 valence electrons. The van der Waals surface area contributed by atoms with Gasteiger partial charge in [0.05, 0.1) is 12.2 Å². The molecule has 0 aliphatic rings. The molecule has 0 amide bonds. The van der Waals surface area contributed by atoms with Gasteiger partial charge in [0.2, 0.25) is 0 Å². The zero-order valence-corrected chi connectivity index (χ0v) is 17.4. The number of thiocarbonyl (C=S) groups is 1. The second kappa shape index (κ2) is 8.73. The second-order valence-electron chi connectivity index (χ2n) is 6.02. The molecule has 0 atom stereocenters. The Hall–Kier alpha value is -2.09. The molecule has 3 aromatic rings. The van der Waals surface area contributed by atoms with Crippen molar-refractivity contribution in [2.24, 2.45) is 0 Å². The third-order valence-corrected chi connectivity index (χ3v) is 4.94. The predicted molar refractivity (Wildman–Crippen MR) is 113 cm³/mol. The quantitative estimate of drug-likeness (QED) is 0.581. The second-order valence-corrected chi connectivity index (χ2v) is 7.24. The number of aryl methyl sites for hydroxylation is 2. The number of nitrogens with zero attached hydrogens (tertiary/aromatic N) is 4. The molecule has 0 fully saturated rings. The highest BCUT2D eigenvalue weighted by atomic mass is 35.5. The number of halogens is 2. The molecule has 0 spiro atoms. The van der Waals surface area contributed by atoms with E-state index in [1.165, 1.54) is 0 Å². The summed E-state index contributed by atoms with van der Waals surface area (Å²) in [6.45, 7) is 5.97. The number of benzene rings is 1. The lowest BCUT2D eigenvalue weighted by Gasteiger charge is -2.08. The Bertz CT molecular complexity index is 949. The Morgan fingerprint density at radius 2 is 1.85 bits per heavy atom. The molecule has 0 aliphatic carbocycles. The summed E-state index contributed by atoms with van der Waals surface area (Å²) in [5, 5.41) is 16.7. The van der Waals surface area contributed by atoms with Crippen LogP contribution in [0.15, 0.2) is 36.7 Å². The molecule has 6 nitrogen and oxygen atoms in total. The summed E-state index contributed by atoms with van der Waals surface area (Å²) in [6.07, 6.45) is 3.75. The number of nitrogens with one attached hydrogen (secondary N) is 2. The maximum absolute atomic E-state index is 6.28. The van der Waals surface area contributed by atoms with Crippen LogP contribution >= 0.6 is 35.4 Å². The van der Waals surface area contributed by atoms with Gasteiger partial charge in [-0.1, -0.05) is 41.4 Å². The van der Waals surface area contributed by atoms with E-state index < -0.39 is 0 Å². The minimum Gasteiger partial charge on any atom is -0.358 e. The molecule has 2 heterocycles. The molecule has 2 N–H and O–H groups in total. The van der Waals surface area contributed by atoms with Gasteiger partial charge in [-0.25, -0.2) is 0 Å². The van der Waals surface area contributed by atoms with E-state index in [0.29, 0.717) is 34.1 Å². The van der Waals surface area contributed by atoms with E-state index in [1.54, 1.807) is 10.9 Å². The molecular formula is C18H20Cl2N6S. The third-order valence-electron chi connectivity index (χ3n) is 4.05. The van der Waals surface area contributed by atoms with Crippen molar-refractivity contribution in [3.63, 3.8) is 0 Å². The molecule has 27 heavy (non-hydrogen) atoms.